The fourth-order valence-electron chi connectivity index (χ4n) is 4.79. The number of urea groups is 1. The Morgan fingerprint density at radius 2 is 1.57 bits per heavy atom. The van der Waals surface area contributed by atoms with E-state index in [4.69, 9.17) is 0 Å². The molecule has 0 aromatic heterocycles. The first-order valence-corrected chi connectivity index (χ1v) is 12.2. The number of carbonyl (C=O) groups excluding carboxylic acids is 3. The first kappa shape index (κ1) is 23.0. The summed E-state index contributed by atoms with van der Waals surface area (Å²) in [5.74, 6) is -0.594. The van der Waals surface area contributed by atoms with Crippen LogP contribution in [0.1, 0.15) is 46.0 Å². The highest BCUT2D eigenvalue weighted by Crippen LogP contribution is 2.39. The maximum Gasteiger partial charge on any atom is 0.327 e. The van der Waals surface area contributed by atoms with Crippen LogP contribution in [0.2, 0.25) is 0 Å². The number of piperazine rings is 1. The van der Waals surface area contributed by atoms with Crippen molar-refractivity contribution in [3.8, 4) is 0 Å². The van der Waals surface area contributed by atoms with Crippen LogP contribution in [0.4, 0.5) is 4.79 Å². The zero-order valence-corrected chi connectivity index (χ0v) is 19.0. The summed E-state index contributed by atoms with van der Waals surface area (Å²) in [7, 11) is -1.89. The number of imide groups is 1. The molecule has 2 aliphatic heterocycles. The lowest BCUT2D eigenvalue weighted by molar-refractivity contribution is -0.141. The number of hydrogen-bond acceptors (Lipinski definition) is 5. The normalized spacial score (nSPS) is 23.1. The highest BCUT2D eigenvalue weighted by atomic mass is 32.2. The summed E-state index contributed by atoms with van der Waals surface area (Å²) in [6, 6.07) is -0.419. The van der Waals surface area contributed by atoms with Gasteiger partial charge < -0.3 is 9.80 Å². The highest BCUT2D eigenvalue weighted by Gasteiger charge is 2.56. The number of carbonyl (C=O) groups is 3. The van der Waals surface area contributed by atoms with E-state index in [1.165, 1.54) is 13.5 Å². The van der Waals surface area contributed by atoms with E-state index < -0.39 is 21.8 Å². The molecule has 170 valence electrons. The fourth-order valence-corrected chi connectivity index (χ4v) is 6.39. The Labute approximate surface area is 178 Å². The molecular formula is C19H33N5O5S. The van der Waals surface area contributed by atoms with Gasteiger partial charge in [0.25, 0.3) is 16.1 Å². The van der Waals surface area contributed by atoms with E-state index in [1.54, 1.807) is 25.8 Å². The Balaban J connectivity index is 1.61. The largest absolute Gasteiger partial charge is 0.338 e. The zero-order chi connectivity index (χ0) is 22.1. The quantitative estimate of drug-likeness (QED) is 0.550. The molecule has 0 bridgehead atoms. The van der Waals surface area contributed by atoms with Crippen LogP contribution in [-0.2, 0) is 19.8 Å². The molecule has 1 aliphatic carbocycles. The SMILES string of the molecule is CCN(CC)S(=O)(=O)N1CCN(C(=O)CN2C(=O)N(C)C3(CCCCC3)C2=O)CC1. The minimum absolute atomic E-state index is 0.205. The second-order valence-electron chi connectivity index (χ2n) is 8.20. The third-order valence-corrected chi connectivity index (χ3v) is 8.91. The van der Waals surface area contributed by atoms with Crippen LogP contribution < -0.4 is 0 Å². The van der Waals surface area contributed by atoms with Gasteiger partial charge in [-0.15, -0.1) is 0 Å². The minimum Gasteiger partial charge on any atom is -0.338 e. The summed E-state index contributed by atoms with van der Waals surface area (Å²) in [4.78, 5) is 42.7. The van der Waals surface area contributed by atoms with E-state index in [0.29, 0.717) is 25.9 Å². The average molecular weight is 444 g/mol. The van der Waals surface area contributed by atoms with E-state index in [2.05, 4.69) is 0 Å². The molecule has 30 heavy (non-hydrogen) atoms. The summed E-state index contributed by atoms with van der Waals surface area (Å²) in [5.41, 5.74) is -0.799. The van der Waals surface area contributed by atoms with Gasteiger partial charge in [-0.3, -0.25) is 14.5 Å². The fraction of sp³-hybridized carbons (Fsp3) is 0.842. The number of rotatable bonds is 6. The summed E-state index contributed by atoms with van der Waals surface area (Å²) in [6.07, 6.45) is 4.13. The Morgan fingerprint density at radius 1 is 1.00 bits per heavy atom. The molecule has 0 aromatic carbocycles. The average Bonchev–Trinajstić information content (AvgIpc) is 2.91. The van der Waals surface area contributed by atoms with Crippen LogP contribution in [0.15, 0.2) is 0 Å². The van der Waals surface area contributed by atoms with E-state index in [1.807, 2.05) is 0 Å². The van der Waals surface area contributed by atoms with Crippen molar-refractivity contribution in [3.05, 3.63) is 0 Å². The molecular weight excluding hydrogens is 410 g/mol. The Bertz CT molecular complexity index is 783. The van der Waals surface area contributed by atoms with Crippen molar-refractivity contribution in [2.24, 2.45) is 0 Å². The van der Waals surface area contributed by atoms with Crippen molar-refractivity contribution in [1.29, 1.82) is 0 Å². The third kappa shape index (κ3) is 3.82. The van der Waals surface area contributed by atoms with Crippen LogP contribution in [0, 0.1) is 0 Å². The Morgan fingerprint density at radius 3 is 2.10 bits per heavy atom. The molecule has 3 aliphatic rings. The van der Waals surface area contributed by atoms with Gasteiger partial charge in [0.2, 0.25) is 5.91 Å². The maximum absolute atomic E-state index is 13.0. The minimum atomic E-state index is -3.54. The molecule has 0 radical (unpaired) electrons. The van der Waals surface area contributed by atoms with E-state index in [9.17, 15) is 22.8 Å². The lowest BCUT2D eigenvalue weighted by atomic mass is 9.81. The second kappa shape index (κ2) is 8.80. The lowest BCUT2D eigenvalue weighted by Crippen LogP contribution is -2.55. The van der Waals surface area contributed by atoms with Crippen molar-refractivity contribution in [2.75, 3.05) is 52.9 Å². The van der Waals surface area contributed by atoms with Crippen LogP contribution in [0.3, 0.4) is 0 Å². The van der Waals surface area contributed by atoms with Gasteiger partial charge in [0, 0.05) is 46.3 Å². The Kier molecular flexibility index (Phi) is 6.73. The molecule has 11 heteroatoms. The summed E-state index contributed by atoms with van der Waals surface area (Å²) in [5, 5.41) is 0. The van der Waals surface area contributed by atoms with Crippen LogP contribution in [-0.4, -0.2) is 108 Å². The standard InChI is InChI=1S/C19H33N5O5S/c1-4-22(5-2)30(28,29)23-13-11-21(12-14-23)16(25)15-24-17(26)19(20(3)18(24)27)9-7-6-8-10-19/h4-15H2,1-3H3. The molecule has 1 saturated carbocycles. The molecule has 10 nitrogen and oxygen atoms in total. The van der Waals surface area contributed by atoms with Gasteiger partial charge in [-0.1, -0.05) is 33.1 Å². The van der Waals surface area contributed by atoms with Crippen molar-refractivity contribution < 1.29 is 22.8 Å². The van der Waals surface area contributed by atoms with Crippen molar-refractivity contribution >= 4 is 28.1 Å². The molecule has 0 atom stereocenters. The highest BCUT2D eigenvalue weighted by molar-refractivity contribution is 7.86. The molecule has 0 unspecified atom stereocenters. The summed E-state index contributed by atoms with van der Waals surface area (Å²) >= 11 is 0. The molecule has 0 aromatic rings. The summed E-state index contributed by atoms with van der Waals surface area (Å²) < 4.78 is 28.1. The van der Waals surface area contributed by atoms with Crippen LogP contribution in [0.5, 0.6) is 0 Å². The van der Waals surface area contributed by atoms with E-state index in [0.717, 1.165) is 24.2 Å². The van der Waals surface area contributed by atoms with Crippen molar-refractivity contribution in [1.82, 2.24) is 23.3 Å². The number of hydrogen-bond donors (Lipinski definition) is 0. The van der Waals surface area contributed by atoms with Gasteiger partial charge in [0.05, 0.1) is 0 Å². The Hall–Kier alpha value is -1.72. The molecule has 4 amide bonds. The molecule has 3 rings (SSSR count). The van der Waals surface area contributed by atoms with Crippen LogP contribution in [0.25, 0.3) is 0 Å². The zero-order valence-electron chi connectivity index (χ0n) is 18.2. The number of amides is 4. The van der Waals surface area contributed by atoms with Gasteiger partial charge in [-0.2, -0.15) is 17.0 Å². The van der Waals surface area contributed by atoms with E-state index >= 15 is 0 Å². The first-order chi connectivity index (χ1) is 14.2. The second-order valence-corrected chi connectivity index (χ2v) is 10.1. The number of nitrogens with zero attached hydrogens (tertiary/aromatic N) is 5. The van der Waals surface area contributed by atoms with Crippen LogP contribution >= 0.6 is 0 Å². The topological polar surface area (TPSA) is 102 Å². The van der Waals surface area contributed by atoms with Crippen molar-refractivity contribution in [3.63, 3.8) is 0 Å². The molecule has 1 spiro atoms. The van der Waals surface area contributed by atoms with Gasteiger partial charge in [-0.05, 0) is 12.8 Å². The van der Waals surface area contributed by atoms with Gasteiger partial charge in [0.15, 0.2) is 0 Å². The monoisotopic (exact) mass is 443 g/mol. The summed E-state index contributed by atoms with van der Waals surface area (Å²) in [6.45, 7) is 4.99. The molecule has 2 saturated heterocycles. The van der Waals surface area contributed by atoms with Gasteiger partial charge in [0.1, 0.15) is 12.1 Å². The smallest absolute Gasteiger partial charge is 0.327 e. The third-order valence-electron chi connectivity index (χ3n) is 6.73. The van der Waals surface area contributed by atoms with E-state index in [-0.39, 0.29) is 44.5 Å². The first-order valence-electron chi connectivity index (χ1n) is 10.8. The molecule has 2 heterocycles. The predicted molar refractivity (Wildman–Crippen MR) is 111 cm³/mol. The number of likely N-dealkylation sites (N-methyl/N-ethyl adjacent to an activating group) is 1. The van der Waals surface area contributed by atoms with Gasteiger partial charge >= 0.3 is 6.03 Å². The lowest BCUT2D eigenvalue weighted by Gasteiger charge is -2.36. The predicted octanol–water partition coefficient (Wildman–Crippen LogP) is 0.314. The molecule has 0 N–H and O–H groups in total. The maximum atomic E-state index is 13.0. The van der Waals surface area contributed by atoms with Gasteiger partial charge in [-0.25, -0.2) is 4.79 Å². The van der Waals surface area contributed by atoms with Crippen molar-refractivity contribution in [2.45, 2.75) is 51.5 Å². The molecule has 3 fully saturated rings.